The number of aryl methyl sites for hydroxylation is 1. The number of rotatable bonds is 6. The minimum absolute atomic E-state index is 0.118. The lowest BCUT2D eigenvalue weighted by molar-refractivity contribution is -0.131. The third-order valence-electron chi connectivity index (χ3n) is 4.21. The monoisotopic (exact) mass is 290 g/mol. The van der Waals surface area contributed by atoms with Crippen molar-refractivity contribution >= 4 is 5.91 Å². The Morgan fingerprint density at radius 2 is 2.10 bits per heavy atom. The van der Waals surface area contributed by atoms with Gasteiger partial charge in [-0.05, 0) is 37.5 Å². The Bertz CT molecular complexity index is 481. The Kier molecular flexibility index (Phi) is 5.23. The second-order valence-corrected chi connectivity index (χ2v) is 6.23. The van der Waals surface area contributed by atoms with Gasteiger partial charge in [0.05, 0.1) is 6.54 Å². The Balaban J connectivity index is 1.73. The van der Waals surface area contributed by atoms with Crippen molar-refractivity contribution in [2.24, 2.45) is 5.73 Å². The van der Waals surface area contributed by atoms with E-state index >= 15 is 0 Å². The van der Waals surface area contributed by atoms with Gasteiger partial charge >= 0.3 is 0 Å². The van der Waals surface area contributed by atoms with Gasteiger partial charge in [-0.2, -0.15) is 0 Å². The Morgan fingerprint density at radius 1 is 1.38 bits per heavy atom. The quantitative estimate of drug-likeness (QED) is 0.875. The fourth-order valence-corrected chi connectivity index (χ4v) is 2.82. The average molecular weight is 290 g/mol. The first-order chi connectivity index (χ1) is 9.98. The topological polar surface area (TPSA) is 55.6 Å². The molecule has 1 aliphatic rings. The maximum atomic E-state index is 12.2. The summed E-state index contributed by atoms with van der Waals surface area (Å²) in [7, 11) is 1.82. The summed E-state index contributed by atoms with van der Waals surface area (Å²) in [6.07, 6.45) is 4.67. The Morgan fingerprint density at radius 3 is 2.76 bits per heavy atom. The molecule has 0 saturated heterocycles. The van der Waals surface area contributed by atoms with Crippen LogP contribution in [0.1, 0.15) is 37.7 Å². The van der Waals surface area contributed by atoms with Crippen LogP contribution in [0.15, 0.2) is 24.3 Å². The van der Waals surface area contributed by atoms with Crippen LogP contribution in [0.5, 0.6) is 5.75 Å². The molecule has 0 atom stereocenters. The standard InChI is InChI=1S/C17H26N2O2/c1-14-6-5-7-15(12-14)21-11-10-19(2)16(20)13-17(18)8-3-4-9-17/h5-7,12H,3-4,8-11,13,18H2,1-2H3. The van der Waals surface area contributed by atoms with Gasteiger partial charge < -0.3 is 15.4 Å². The third kappa shape index (κ3) is 4.74. The van der Waals surface area contributed by atoms with Crippen LogP contribution in [-0.4, -0.2) is 36.5 Å². The normalized spacial score (nSPS) is 16.7. The highest BCUT2D eigenvalue weighted by Crippen LogP contribution is 2.30. The molecule has 2 rings (SSSR count). The van der Waals surface area contributed by atoms with Crippen molar-refractivity contribution in [1.29, 1.82) is 0 Å². The molecular weight excluding hydrogens is 264 g/mol. The number of nitrogens with zero attached hydrogens (tertiary/aromatic N) is 1. The van der Waals surface area contributed by atoms with Crippen LogP contribution < -0.4 is 10.5 Å². The SMILES string of the molecule is Cc1cccc(OCCN(C)C(=O)CC2(N)CCCC2)c1. The van der Waals surface area contributed by atoms with Crippen LogP contribution in [0.4, 0.5) is 0 Å². The summed E-state index contributed by atoms with van der Waals surface area (Å²) in [6.45, 7) is 3.12. The van der Waals surface area contributed by atoms with Gasteiger partial charge in [0.25, 0.3) is 0 Å². The second kappa shape index (κ2) is 6.94. The van der Waals surface area contributed by atoms with Crippen LogP contribution in [0.2, 0.25) is 0 Å². The van der Waals surface area contributed by atoms with Gasteiger partial charge in [-0.1, -0.05) is 25.0 Å². The number of likely N-dealkylation sites (N-methyl/N-ethyl adjacent to an activating group) is 1. The highest BCUT2D eigenvalue weighted by molar-refractivity contribution is 5.77. The molecule has 4 nitrogen and oxygen atoms in total. The van der Waals surface area contributed by atoms with E-state index in [1.807, 2.05) is 38.2 Å². The fraction of sp³-hybridized carbons (Fsp3) is 0.588. The Hall–Kier alpha value is -1.55. The summed E-state index contributed by atoms with van der Waals surface area (Å²) < 4.78 is 5.68. The number of ether oxygens (including phenoxy) is 1. The second-order valence-electron chi connectivity index (χ2n) is 6.23. The summed E-state index contributed by atoms with van der Waals surface area (Å²) in [4.78, 5) is 13.9. The zero-order valence-electron chi connectivity index (χ0n) is 13.1. The van der Waals surface area contributed by atoms with E-state index < -0.39 is 0 Å². The molecule has 1 aromatic rings. The van der Waals surface area contributed by atoms with E-state index in [2.05, 4.69) is 0 Å². The predicted octanol–water partition coefficient (Wildman–Crippen LogP) is 2.49. The first kappa shape index (κ1) is 15.8. The highest BCUT2D eigenvalue weighted by atomic mass is 16.5. The van der Waals surface area contributed by atoms with E-state index in [1.165, 1.54) is 5.56 Å². The lowest BCUT2D eigenvalue weighted by atomic mass is 9.94. The highest BCUT2D eigenvalue weighted by Gasteiger charge is 2.32. The fourth-order valence-electron chi connectivity index (χ4n) is 2.82. The van der Waals surface area contributed by atoms with Gasteiger partial charge in [0.1, 0.15) is 12.4 Å². The van der Waals surface area contributed by atoms with E-state index in [-0.39, 0.29) is 11.4 Å². The van der Waals surface area contributed by atoms with Crippen LogP contribution in [0, 0.1) is 6.92 Å². The lowest BCUT2D eigenvalue weighted by Gasteiger charge is -2.26. The molecule has 1 fully saturated rings. The van der Waals surface area contributed by atoms with E-state index in [9.17, 15) is 4.79 Å². The van der Waals surface area contributed by atoms with Gasteiger partial charge in [-0.15, -0.1) is 0 Å². The van der Waals surface area contributed by atoms with Crippen molar-refractivity contribution in [3.8, 4) is 5.75 Å². The van der Waals surface area contributed by atoms with Crippen LogP contribution >= 0.6 is 0 Å². The first-order valence-corrected chi connectivity index (χ1v) is 7.71. The summed E-state index contributed by atoms with van der Waals surface area (Å²) in [5.41, 5.74) is 7.15. The van der Waals surface area contributed by atoms with Crippen molar-refractivity contribution in [3.63, 3.8) is 0 Å². The minimum Gasteiger partial charge on any atom is -0.492 e. The summed E-state index contributed by atoms with van der Waals surface area (Å²) in [5.74, 6) is 0.967. The van der Waals surface area contributed by atoms with Crippen LogP contribution in [-0.2, 0) is 4.79 Å². The molecule has 2 N–H and O–H groups in total. The molecule has 1 aromatic carbocycles. The van der Waals surface area contributed by atoms with Crippen molar-refractivity contribution < 1.29 is 9.53 Å². The molecule has 116 valence electrons. The number of carbonyl (C=O) groups is 1. The number of hydrogen-bond donors (Lipinski definition) is 1. The molecule has 0 bridgehead atoms. The minimum atomic E-state index is -0.275. The zero-order chi connectivity index (χ0) is 15.3. The number of nitrogens with two attached hydrogens (primary N) is 1. The molecule has 1 aliphatic carbocycles. The first-order valence-electron chi connectivity index (χ1n) is 7.71. The van der Waals surface area contributed by atoms with Crippen LogP contribution in [0.25, 0.3) is 0 Å². The molecule has 0 aromatic heterocycles. The van der Waals surface area contributed by atoms with E-state index in [0.29, 0.717) is 19.6 Å². The molecular formula is C17H26N2O2. The maximum absolute atomic E-state index is 12.2. The third-order valence-corrected chi connectivity index (χ3v) is 4.21. The molecule has 0 unspecified atom stereocenters. The van der Waals surface area contributed by atoms with Crippen molar-refractivity contribution in [3.05, 3.63) is 29.8 Å². The van der Waals surface area contributed by atoms with Gasteiger partial charge in [0.2, 0.25) is 5.91 Å². The smallest absolute Gasteiger partial charge is 0.224 e. The van der Waals surface area contributed by atoms with E-state index in [0.717, 1.165) is 31.4 Å². The number of carbonyl (C=O) groups excluding carboxylic acids is 1. The number of benzene rings is 1. The van der Waals surface area contributed by atoms with Crippen molar-refractivity contribution in [2.75, 3.05) is 20.2 Å². The van der Waals surface area contributed by atoms with Gasteiger partial charge in [0, 0.05) is 19.0 Å². The molecule has 1 saturated carbocycles. The lowest BCUT2D eigenvalue weighted by Crippen LogP contribution is -2.43. The molecule has 4 heteroatoms. The van der Waals surface area contributed by atoms with Gasteiger partial charge in [-0.3, -0.25) is 4.79 Å². The molecule has 21 heavy (non-hydrogen) atoms. The number of amides is 1. The summed E-state index contributed by atoms with van der Waals surface area (Å²) >= 11 is 0. The Labute approximate surface area is 127 Å². The van der Waals surface area contributed by atoms with Gasteiger partial charge in [-0.25, -0.2) is 0 Å². The van der Waals surface area contributed by atoms with Crippen molar-refractivity contribution in [2.45, 2.75) is 44.6 Å². The van der Waals surface area contributed by atoms with E-state index in [4.69, 9.17) is 10.5 Å². The molecule has 0 heterocycles. The largest absolute Gasteiger partial charge is 0.492 e. The van der Waals surface area contributed by atoms with Crippen molar-refractivity contribution in [1.82, 2.24) is 4.90 Å². The maximum Gasteiger partial charge on any atom is 0.224 e. The molecule has 0 spiro atoms. The predicted molar refractivity (Wildman–Crippen MR) is 84.3 cm³/mol. The number of hydrogen-bond acceptors (Lipinski definition) is 3. The van der Waals surface area contributed by atoms with Gasteiger partial charge in [0.15, 0.2) is 0 Å². The average Bonchev–Trinajstić information content (AvgIpc) is 2.85. The summed E-state index contributed by atoms with van der Waals surface area (Å²) in [5, 5.41) is 0. The molecule has 1 amide bonds. The summed E-state index contributed by atoms with van der Waals surface area (Å²) in [6, 6.07) is 7.93. The molecule has 0 radical (unpaired) electrons. The van der Waals surface area contributed by atoms with Crippen LogP contribution in [0.3, 0.4) is 0 Å². The van der Waals surface area contributed by atoms with E-state index in [1.54, 1.807) is 4.90 Å². The zero-order valence-corrected chi connectivity index (χ0v) is 13.1. The molecule has 0 aliphatic heterocycles.